The molecule has 0 radical (unpaired) electrons. The highest BCUT2D eigenvalue weighted by atomic mass is 19.1. The van der Waals surface area contributed by atoms with Gasteiger partial charge in [-0.15, -0.1) is 15.3 Å². The van der Waals surface area contributed by atoms with Gasteiger partial charge in [-0.3, -0.25) is 4.40 Å². The smallest absolute Gasteiger partial charge is 0.295 e. The van der Waals surface area contributed by atoms with Crippen LogP contribution in [0.1, 0.15) is 25.0 Å². The summed E-state index contributed by atoms with van der Waals surface area (Å²) in [5, 5.41) is 18.0. The third-order valence-corrected chi connectivity index (χ3v) is 5.43. The molecular weight excluding hydrogens is 363 g/mol. The summed E-state index contributed by atoms with van der Waals surface area (Å²) < 4.78 is 24.8. The Morgan fingerprint density at radius 1 is 1.14 bits per heavy atom. The first-order valence-corrected chi connectivity index (χ1v) is 9.05. The zero-order valence-electron chi connectivity index (χ0n) is 14.9. The van der Waals surface area contributed by atoms with Gasteiger partial charge in [-0.25, -0.2) is 9.38 Å². The maximum Gasteiger partial charge on any atom is 0.295 e. The van der Waals surface area contributed by atoms with E-state index in [1.807, 2.05) is 37.4 Å². The molecule has 9 nitrogen and oxygen atoms in total. The molecule has 0 aliphatic carbocycles. The van der Waals surface area contributed by atoms with Gasteiger partial charge < -0.3 is 4.74 Å². The molecule has 1 fully saturated rings. The molecule has 28 heavy (non-hydrogen) atoms. The second-order valence-corrected chi connectivity index (χ2v) is 6.96. The first kappa shape index (κ1) is 15.6. The van der Waals surface area contributed by atoms with E-state index in [2.05, 4.69) is 25.5 Å². The lowest BCUT2D eigenvalue weighted by molar-refractivity contribution is 0.118. The van der Waals surface area contributed by atoms with Crippen molar-refractivity contribution in [2.75, 3.05) is 6.61 Å². The van der Waals surface area contributed by atoms with Crippen molar-refractivity contribution in [2.45, 2.75) is 25.4 Å². The molecule has 0 N–H and O–H groups in total. The number of benzene rings is 1. The fourth-order valence-corrected chi connectivity index (χ4v) is 4.03. The second kappa shape index (κ2) is 5.55. The van der Waals surface area contributed by atoms with Crippen LogP contribution in [0.5, 0.6) is 0 Å². The molecule has 2 unspecified atom stereocenters. The van der Waals surface area contributed by atoms with E-state index in [0.717, 1.165) is 17.5 Å². The molecule has 6 rings (SSSR count). The average Bonchev–Trinajstić information content (AvgIpc) is 3.46. The van der Waals surface area contributed by atoms with Crippen molar-refractivity contribution < 1.29 is 9.13 Å². The summed E-state index contributed by atoms with van der Waals surface area (Å²) in [6.07, 6.45) is 3.71. The van der Waals surface area contributed by atoms with Gasteiger partial charge in [0.15, 0.2) is 5.65 Å². The highest BCUT2D eigenvalue weighted by molar-refractivity contribution is 5.94. The Bertz CT molecular complexity index is 1350. The van der Waals surface area contributed by atoms with Gasteiger partial charge in [0.2, 0.25) is 0 Å². The molecule has 1 aliphatic rings. The fourth-order valence-electron chi connectivity index (χ4n) is 4.03. The molecule has 0 spiro atoms. The Balaban J connectivity index is 1.62. The number of hydrogen-bond acceptors (Lipinski definition) is 6. The van der Waals surface area contributed by atoms with E-state index >= 15 is 0 Å². The van der Waals surface area contributed by atoms with Crippen molar-refractivity contribution >= 4 is 22.2 Å². The molecular formula is C18H15FN8O. The van der Waals surface area contributed by atoms with Gasteiger partial charge in [-0.05, 0) is 25.5 Å². The SMILES string of the molecule is CC1OCCC1c1cn(-c2nnc3c4ccccc4n4c(F)ncc4n23)nn1. The minimum atomic E-state index is -0.594. The molecule has 4 aromatic heterocycles. The quantitative estimate of drug-likeness (QED) is 0.468. The van der Waals surface area contributed by atoms with Crippen LogP contribution in [0.3, 0.4) is 0 Å². The lowest BCUT2D eigenvalue weighted by atomic mass is 10.00. The highest BCUT2D eigenvalue weighted by Crippen LogP contribution is 2.30. The van der Waals surface area contributed by atoms with Gasteiger partial charge in [0.05, 0.1) is 29.7 Å². The first-order chi connectivity index (χ1) is 13.7. The molecule has 1 aromatic carbocycles. The third-order valence-electron chi connectivity index (χ3n) is 5.43. The topological polar surface area (TPSA) is 87.4 Å². The van der Waals surface area contributed by atoms with E-state index < -0.39 is 6.08 Å². The van der Waals surface area contributed by atoms with Crippen LogP contribution in [0.25, 0.3) is 28.1 Å². The van der Waals surface area contributed by atoms with Gasteiger partial charge >= 0.3 is 0 Å². The number of ether oxygens (including phenoxy) is 1. The molecule has 0 amide bonds. The number of fused-ring (bicyclic) bond motifs is 6. The highest BCUT2D eigenvalue weighted by Gasteiger charge is 2.29. The molecule has 140 valence electrons. The molecule has 10 heteroatoms. The number of nitrogens with zero attached hydrogens (tertiary/aromatic N) is 8. The predicted molar refractivity (Wildman–Crippen MR) is 96.9 cm³/mol. The first-order valence-electron chi connectivity index (χ1n) is 9.05. The number of hydrogen-bond donors (Lipinski definition) is 0. The van der Waals surface area contributed by atoms with Crippen LogP contribution < -0.4 is 0 Å². The average molecular weight is 378 g/mol. The van der Waals surface area contributed by atoms with E-state index in [1.165, 1.54) is 10.6 Å². The van der Waals surface area contributed by atoms with E-state index in [0.29, 0.717) is 29.4 Å². The van der Waals surface area contributed by atoms with Crippen molar-refractivity contribution in [1.29, 1.82) is 0 Å². The Kier molecular flexibility index (Phi) is 3.10. The predicted octanol–water partition coefficient (Wildman–Crippen LogP) is 2.14. The van der Waals surface area contributed by atoms with Gasteiger partial charge in [-0.2, -0.15) is 9.07 Å². The second-order valence-electron chi connectivity index (χ2n) is 6.96. The summed E-state index contributed by atoms with van der Waals surface area (Å²) in [4.78, 5) is 3.85. The van der Waals surface area contributed by atoms with Crippen LogP contribution in [-0.2, 0) is 4.74 Å². The zero-order chi connectivity index (χ0) is 18.8. The molecule has 5 heterocycles. The summed E-state index contributed by atoms with van der Waals surface area (Å²) in [7, 11) is 0. The third kappa shape index (κ3) is 2.00. The maximum atomic E-state index is 14.4. The van der Waals surface area contributed by atoms with Gasteiger partial charge in [-0.1, -0.05) is 17.3 Å². The summed E-state index contributed by atoms with van der Waals surface area (Å²) >= 11 is 0. The minimum absolute atomic E-state index is 0.0971. The Morgan fingerprint density at radius 2 is 2.04 bits per heavy atom. The molecule has 0 saturated carbocycles. The van der Waals surface area contributed by atoms with Crippen LogP contribution >= 0.6 is 0 Å². The normalized spacial score (nSPS) is 20.1. The Labute approximate surface area is 157 Å². The number of rotatable bonds is 2. The standard InChI is InChI=1S/C18H15FN8O/c1-10-11(6-7-28-10)13-9-25(24-21-13)18-23-22-16-12-4-2-3-5-14(12)26-15(27(16)18)8-20-17(26)19/h2-5,8-11H,6-7H2,1H3. The number of imidazole rings is 1. The van der Waals surface area contributed by atoms with Crippen LogP contribution in [0.15, 0.2) is 36.7 Å². The monoisotopic (exact) mass is 378 g/mol. The van der Waals surface area contributed by atoms with Crippen molar-refractivity contribution in [3.8, 4) is 5.95 Å². The lowest BCUT2D eigenvalue weighted by Crippen LogP contribution is -2.09. The van der Waals surface area contributed by atoms with Crippen LogP contribution in [0.2, 0.25) is 0 Å². The summed E-state index contributed by atoms with van der Waals surface area (Å²) in [6.45, 7) is 2.75. The summed E-state index contributed by atoms with van der Waals surface area (Å²) in [6, 6.07) is 7.44. The van der Waals surface area contributed by atoms with Gasteiger partial charge in [0.1, 0.15) is 5.65 Å². The van der Waals surface area contributed by atoms with E-state index in [9.17, 15) is 4.39 Å². The Hall–Kier alpha value is -3.40. The van der Waals surface area contributed by atoms with E-state index in [-0.39, 0.29) is 12.0 Å². The van der Waals surface area contributed by atoms with Crippen LogP contribution in [0.4, 0.5) is 4.39 Å². The number of para-hydroxylation sites is 1. The van der Waals surface area contributed by atoms with Crippen molar-refractivity contribution in [1.82, 2.24) is 39.0 Å². The molecule has 5 aromatic rings. The van der Waals surface area contributed by atoms with E-state index in [4.69, 9.17) is 4.74 Å². The summed E-state index contributed by atoms with van der Waals surface area (Å²) in [5.74, 6) is 0.622. The van der Waals surface area contributed by atoms with Gasteiger partial charge in [0.25, 0.3) is 12.0 Å². The lowest BCUT2D eigenvalue weighted by Gasteiger charge is -2.09. The van der Waals surface area contributed by atoms with Crippen LogP contribution in [-0.4, -0.2) is 51.7 Å². The Morgan fingerprint density at radius 3 is 2.89 bits per heavy atom. The molecule has 2 atom stereocenters. The zero-order valence-corrected chi connectivity index (χ0v) is 14.9. The summed E-state index contributed by atoms with van der Waals surface area (Å²) in [5.41, 5.74) is 2.64. The van der Waals surface area contributed by atoms with Crippen molar-refractivity contribution in [3.63, 3.8) is 0 Å². The largest absolute Gasteiger partial charge is 0.378 e. The number of aromatic nitrogens is 8. The fraction of sp³-hybridized carbons (Fsp3) is 0.278. The molecule has 1 aliphatic heterocycles. The van der Waals surface area contributed by atoms with Crippen molar-refractivity contribution in [3.05, 3.63) is 48.4 Å². The van der Waals surface area contributed by atoms with Gasteiger partial charge in [0, 0.05) is 17.9 Å². The van der Waals surface area contributed by atoms with E-state index in [1.54, 1.807) is 9.08 Å². The molecule has 0 bridgehead atoms. The minimum Gasteiger partial charge on any atom is -0.378 e. The molecule has 1 saturated heterocycles. The maximum absolute atomic E-state index is 14.4. The van der Waals surface area contributed by atoms with Crippen molar-refractivity contribution in [2.24, 2.45) is 0 Å². The van der Waals surface area contributed by atoms with Crippen LogP contribution in [0, 0.1) is 6.08 Å². The number of halogens is 1.